The molecule has 162 valence electrons. The van der Waals surface area contributed by atoms with Crippen LogP contribution in [0.5, 0.6) is 5.75 Å². The molecule has 1 fully saturated rings. The Bertz CT molecular complexity index is 1000. The fourth-order valence-corrected chi connectivity index (χ4v) is 3.42. The minimum Gasteiger partial charge on any atom is -0.497 e. The van der Waals surface area contributed by atoms with E-state index in [-0.39, 0.29) is 18.9 Å². The average molecular weight is 418 g/mol. The summed E-state index contributed by atoms with van der Waals surface area (Å²) in [7, 11) is 1.57. The molecule has 0 aliphatic carbocycles. The third-order valence-electron chi connectivity index (χ3n) is 5.15. The maximum absolute atomic E-state index is 12.6. The lowest BCUT2D eigenvalue weighted by Gasteiger charge is -2.20. The molecule has 3 rings (SSSR count). The molecule has 0 saturated carbocycles. The second-order valence-electron chi connectivity index (χ2n) is 7.30. The van der Waals surface area contributed by atoms with Crippen molar-refractivity contribution in [2.75, 3.05) is 13.7 Å². The zero-order chi connectivity index (χ0) is 21.8. The molecular formula is C20H26N4O6. The van der Waals surface area contributed by atoms with Crippen molar-refractivity contribution in [3.05, 3.63) is 62.4 Å². The highest BCUT2D eigenvalue weighted by Crippen LogP contribution is 2.27. The van der Waals surface area contributed by atoms with E-state index in [0.29, 0.717) is 17.7 Å². The first-order valence-corrected chi connectivity index (χ1v) is 9.59. The molecule has 1 aliphatic rings. The summed E-state index contributed by atoms with van der Waals surface area (Å²) < 4.78 is 12.1. The zero-order valence-electron chi connectivity index (χ0n) is 16.8. The number of aryl methyl sites for hydroxylation is 1. The van der Waals surface area contributed by atoms with E-state index in [0.717, 1.165) is 5.56 Å². The van der Waals surface area contributed by atoms with Gasteiger partial charge < -0.3 is 25.6 Å². The number of hydrogen-bond acceptors (Lipinski definition) is 7. The third-order valence-corrected chi connectivity index (χ3v) is 5.15. The molecule has 0 bridgehead atoms. The number of aromatic nitrogens is 2. The van der Waals surface area contributed by atoms with Crippen molar-refractivity contribution >= 4 is 5.91 Å². The lowest BCUT2D eigenvalue weighted by molar-refractivity contribution is -0.123. The van der Waals surface area contributed by atoms with Gasteiger partial charge in [0.15, 0.2) is 0 Å². The Morgan fingerprint density at radius 3 is 2.73 bits per heavy atom. The molecule has 0 spiro atoms. The Labute approximate surface area is 172 Å². The second kappa shape index (κ2) is 9.24. The van der Waals surface area contributed by atoms with Crippen LogP contribution >= 0.6 is 0 Å². The molecule has 4 atom stereocenters. The van der Waals surface area contributed by atoms with Crippen LogP contribution in [-0.4, -0.2) is 52.5 Å². The number of H-pyrrole nitrogens is 1. The van der Waals surface area contributed by atoms with Gasteiger partial charge in [-0.2, -0.15) is 0 Å². The minimum atomic E-state index is -0.796. The normalized spacial score (nSPS) is 21.9. The maximum Gasteiger partial charge on any atom is 0.330 e. The molecule has 1 aromatic heterocycles. The molecule has 1 amide bonds. The van der Waals surface area contributed by atoms with Crippen LogP contribution in [0.2, 0.25) is 0 Å². The highest BCUT2D eigenvalue weighted by atomic mass is 16.5. The number of carbonyl (C=O) groups excluding carboxylic acids is 1. The second-order valence-corrected chi connectivity index (χ2v) is 7.30. The number of aliphatic hydroxyl groups excluding tert-OH is 1. The van der Waals surface area contributed by atoms with E-state index in [9.17, 15) is 19.5 Å². The number of aliphatic hydroxyl groups is 1. The first-order valence-electron chi connectivity index (χ1n) is 9.59. The number of methoxy groups -OCH3 is 1. The van der Waals surface area contributed by atoms with Crippen molar-refractivity contribution in [2.24, 2.45) is 5.73 Å². The van der Waals surface area contributed by atoms with Crippen LogP contribution in [0.1, 0.15) is 23.8 Å². The molecule has 10 nitrogen and oxygen atoms in total. The monoisotopic (exact) mass is 418 g/mol. The van der Waals surface area contributed by atoms with Gasteiger partial charge in [-0.25, -0.2) is 4.79 Å². The lowest BCUT2D eigenvalue weighted by Crippen LogP contribution is -2.49. The van der Waals surface area contributed by atoms with Crippen LogP contribution in [-0.2, 0) is 16.0 Å². The smallest absolute Gasteiger partial charge is 0.330 e. The number of aromatic amines is 1. The fraction of sp³-hybridized carbons (Fsp3) is 0.450. The molecule has 1 aromatic carbocycles. The molecular weight excluding hydrogens is 392 g/mol. The number of ether oxygens (including phenoxy) is 2. The van der Waals surface area contributed by atoms with E-state index in [1.54, 1.807) is 26.2 Å². The fourth-order valence-electron chi connectivity index (χ4n) is 3.42. The number of hydrogen-bond donors (Lipinski definition) is 4. The predicted molar refractivity (Wildman–Crippen MR) is 108 cm³/mol. The van der Waals surface area contributed by atoms with E-state index in [1.807, 2.05) is 12.1 Å². The Morgan fingerprint density at radius 2 is 2.10 bits per heavy atom. The van der Waals surface area contributed by atoms with Crippen molar-refractivity contribution in [3.8, 4) is 5.75 Å². The summed E-state index contributed by atoms with van der Waals surface area (Å²) in [6.07, 6.45) is 0.548. The van der Waals surface area contributed by atoms with Crippen molar-refractivity contribution in [1.29, 1.82) is 0 Å². The summed E-state index contributed by atoms with van der Waals surface area (Å²) in [5.41, 5.74) is 6.20. The minimum absolute atomic E-state index is 0.248. The highest BCUT2D eigenvalue weighted by Gasteiger charge is 2.38. The Morgan fingerprint density at radius 1 is 1.40 bits per heavy atom. The number of nitrogens with one attached hydrogen (secondary N) is 2. The average Bonchev–Trinajstić information content (AvgIpc) is 3.13. The van der Waals surface area contributed by atoms with Crippen LogP contribution in [0, 0.1) is 6.92 Å². The third kappa shape index (κ3) is 4.78. The maximum atomic E-state index is 12.6. The summed E-state index contributed by atoms with van der Waals surface area (Å²) in [4.78, 5) is 38.5. The van der Waals surface area contributed by atoms with Crippen molar-refractivity contribution in [3.63, 3.8) is 0 Å². The number of nitrogens with zero attached hydrogens (tertiary/aromatic N) is 1. The highest BCUT2D eigenvalue weighted by molar-refractivity contribution is 5.82. The van der Waals surface area contributed by atoms with Crippen LogP contribution in [0.25, 0.3) is 0 Å². The van der Waals surface area contributed by atoms with Crippen molar-refractivity contribution in [2.45, 2.75) is 44.2 Å². The van der Waals surface area contributed by atoms with Gasteiger partial charge in [0.05, 0.1) is 25.8 Å². The van der Waals surface area contributed by atoms with Gasteiger partial charge >= 0.3 is 5.69 Å². The summed E-state index contributed by atoms with van der Waals surface area (Å²) in [5.74, 6) is 0.327. The number of amides is 1. The van der Waals surface area contributed by atoms with Crippen molar-refractivity contribution in [1.82, 2.24) is 14.9 Å². The van der Waals surface area contributed by atoms with Gasteiger partial charge in [0, 0.05) is 18.2 Å². The molecule has 0 unspecified atom stereocenters. The molecule has 2 heterocycles. The number of carbonyl (C=O) groups is 1. The van der Waals surface area contributed by atoms with Gasteiger partial charge in [-0.3, -0.25) is 19.1 Å². The topological polar surface area (TPSA) is 149 Å². The standard InChI is InChI=1S/C20H26N4O6/c1-11-9-24(20(28)23-18(11)26)17-8-15(16(10-25)30-17)22-19(27)14(21)7-12-3-5-13(29-2)6-4-12/h3-6,9,14-17,25H,7-8,10,21H2,1-2H3,(H,22,27)(H,23,26,28)/t14-,15+,16-,17-/m0/s1. The number of rotatable bonds is 7. The van der Waals surface area contributed by atoms with Crippen LogP contribution in [0.4, 0.5) is 0 Å². The van der Waals surface area contributed by atoms with Crippen LogP contribution < -0.4 is 27.0 Å². The molecule has 0 radical (unpaired) electrons. The molecule has 30 heavy (non-hydrogen) atoms. The van der Waals surface area contributed by atoms with E-state index in [4.69, 9.17) is 15.2 Å². The number of nitrogens with two attached hydrogens (primary N) is 1. The first-order chi connectivity index (χ1) is 14.3. The van der Waals surface area contributed by atoms with E-state index in [2.05, 4.69) is 10.3 Å². The van der Waals surface area contributed by atoms with Gasteiger partial charge in [-0.1, -0.05) is 12.1 Å². The predicted octanol–water partition coefficient (Wildman–Crippen LogP) is -0.812. The van der Waals surface area contributed by atoms with Crippen LogP contribution in [0.3, 0.4) is 0 Å². The summed E-state index contributed by atoms with van der Waals surface area (Å²) in [6, 6.07) is 5.93. The lowest BCUT2D eigenvalue weighted by atomic mass is 10.0. The zero-order valence-corrected chi connectivity index (χ0v) is 16.8. The Balaban J connectivity index is 1.66. The van der Waals surface area contributed by atoms with Gasteiger partial charge in [0.25, 0.3) is 5.56 Å². The van der Waals surface area contributed by atoms with Gasteiger partial charge in [-0.15, -0.1) is 0 Å². The van der Waals surface area contributed by atoms with E-state index >= 15 is 0 Å². The largest absolute Gasteiger partial charge is 0.497 e. The summed E-state index contributed by atoms with van der Waals surface area (Å²) in [5, 5.41) is 12.4. The summed E-state index contributed by atoms with van der Waals surface area (Å²) >= 11 is 0. The van der Waals surface area contributed by atoms with Gasteiger partial charge in [-0.05, 0) is 31.0 Å². The summed E-state index contributed by atoms with van der Waals surface area (Å²) in [6.45, 7) is 1.23. The quantitative estimate of drug-likeness (QED) is 0.459. The molecule has 2 aromatic rings. The first kappa shape index (κ1) is 21.8. The molecule has 1 saturated heterocycles. The Hall–Kier alpha value is -2.95. The van der Waals surface area contributed by atoms with Gasteiger partial charge in [0.1, 0.15) is 18.1 Å². The Kier molecular flexibility index (Phi) is 6.70. The SMILES string of the molecule is COc1ccc(C[C@H](N)C(=O)N[C@@H]2C[C@@H](n3cc(C)c(=O)[nH]c3=O)O[C@H]2CO)cc1. The van der Waals surface area contributed by atoms with Crippen molar-refractivity contribution < 1.29 is 19.4 Å². The van der Waals surface area contributed by atoms with E-state index < -0.39 is 35.7 Å². The number of benzene rings is 1. The molecule has 10 heteroatoms. The van der Waals surface area contributed by atoms with Crippen LogP contribution in [0.15, 0.2) is 40.1 Å². The van der Waals surface area contributed by atoms with Gasteiger partial charge in [0.2, 0.25) is 5.91 Å². The molecule has 1 aliphatic heterocycles. The van der Waals surface area contributed by atoms with E-state index in [1.165, 1.54) is 10.8 Å². The molecule has 5 N–H and O–H groups in total.